The molecule has 0 bridgehead atoms. The average molecular weight is 366 g/mol. The van der Waals surface area contributed by atoms with E-state index in [4.69, 9.17) is 17.0 Å². The van der Waals surface area contributed by atoms with Crippen LogP contribution in [0.1, 0.15) is 15.9 Å². The van der Waals surface area contributed by atoms with E-state index < -0.39 is 0 Å². The van der Waals surface area contributed by atoms with Crippen molar-refractivity contribution < 1.29 is 14.6 Å². The summed E-state index contributed by atoms with van der Waals surface area (Å²) >= 11 is 5.25. The number of thiocarbonyl (C=S) groups is 1. The fourth-order valence-corrected chi connectivity index (χ4v) is 3.00. The number of aromatic hydroxyl groups is 1. The summed E-state index contributed by atoms with van der Waals surface area (Å²) in [7, 11) is 1.52. The molecule has 0 unspecified atom stereocenters. The number of phenols is 1. The van der Waals surface area contributed by atoms with Crippen LogP contribution >= 0.6 is 12.2 Å². The molecule has 0 heterocycles. The molecule has 0 aliphatic carbocycles. The second-order valence-corrected chi connectivity index (χ2v) is 6.15. The van der Waals surface area contributed by atoms with Gasteiger partial charge in [-0.3, -0.25) is 10.1 Å². The fraction of sp³-hybridized carbons (Fsp3) is 0.100. The smallest absolute Gasteiger partial charge is 0.261 e. The summed E-state index contributed by atoms with van der Waals surface area (Å²) in [5, 5.41) is 17.6. The van der Waals surface area contributed by atoms with Crippen molar-refractivity contribution in [3.05, 3.63) is 65.7 Å². The Morgan fingerprint density at radius 2 is 1.85 bits per heavy atom. The first-order valence-corrected chi connectivity index (χ1v) is 8.38. The number of rotatable bonds is 3. The van der Waals surface area contributed by atoms with Gasteiger partial charge >= 0.3 is 0 Å². The van der Waals surface area contributed by atoms with Gasteiger partial charge in [0.15, 0.2) is 5.11 Å². The molecule has 0 radical (unpaired) electrons. The molecule has 0 aliphatic heterocycles. The predicted octanol–water partition coefficient (Wildman–Crippen LogP) is 3.99. The lowest BCUT2D eigenvalue weighted by molar-refractivity contribution is 0.0974. The molecule has 5 nitrogen and oxygen atoms in total. The number of benzene rings is 3. The summed E-state index contributed by atoms with van der Waals surface area (Å²) in [5.41, 5.74) is 1.69. The second kappa shape index (κ2) is 7.41. The van der Waals surface area contributed by atoms with E-state index in [0.717, 1.165) is 16.3 Å². The first kappa shape index (κ1) is 17.7. The van der Waals surface area contributed by atoms with Crippen molar-refractivity contribution in [2.75, 3.05) is 12.4 Å². The topological polar surface area (TPSA) is 70.6 Å². The van der Waals surface area contributed by atoms with Crippen molar-refractivity contribution in [3.63, 3.8) is 0 Å². The lowest BCUT2D eigenvalue weighted by atomic mass is 10.1. The van der Waals surface area contributed by atoms with Gasteiger partial charge in [-0.1, -0.05) is 42.5 Å². The Hall–Kier alpha value is -3.12. The normalized spacial score (nSPS) is 10.4. The first-order chi connectivity index (χ1) is 12.5. The number of hydrogen-bond acceptors (Lipinski definition) is 4. The number of amides is 1. The first-order valence-electron chi connectivity index (χ1n) is 7.98. The highest BCUT2D eigenvalue weighted by atomic mass is 32.1. The maximum Gasteiger partial charge on any atom is 0.261 e. The molecule has 0 saturated carbocycles. The van der Waals surface area contributed by atoms with Gasteiger partial charge in [-0.15, -0.1) is 0 Å². The van der Waals surface area contributed by atoms with Crippen molar-refractivity contribution >= 4 is 39.7 Å². The zero-order chi connectivity index (χ0) is 18.7. The standard InChI is InChI=1S/C20H18N2O3S/c1-12-6-5-9-15(18(12)25-2)19(24)22-20(26)21-17-14-8-4-3-7-13(14)10-11-16(17)23/h3-11,23H,1-2H3,(H2,21,22,24,26). The number of anilines is 1. The van der Waals surface area contributed by atoms with Crippen LogP contribution in [-0.2, 0) is 0 Å². The van der Waals surface area contributed by atoms with E-state index in [0.29, 0.717) is 17.0 Å². The zero-order valence-electron chi connectivity index (χ0n) is 14.4. The van der Waals surface area contributed by atoms with Crippen molar-refractivity contribution in [2.24, 2.45) is 0 Å². The molecule has 6 heteroatoms. The zero-order valence-corrected chi connectivity index (χ0v) is 15.2. The number of nitrogens with one attached hydrogen (secondary N) is 2. The van der Waals surface area contributed by atoms with Crippen LogP contribution in [0.3, 0.4) is 0 Å². The minimum Gasteiger partial charge on any atom is -0.506 e. The number of phenolic OH excluding ortho intramolecular Hbond substituents is 1. The molecule has 0 saturated heterocycles. The SMILES string of the molecule is COc1c(C)cccc1C(=O)NC(=S)Nc1c(O)ccc2ccccc12. The van der Waals surface area contributed by atoms with Gasteiger partial charge in [-0.05, 0) is 42.2 Å². The molecule has 3 aromatic carbocycles. The number of para-hydroxylation sites is 1. The van der Waals surface area contributed by atoms with Crippen LogP contribution in [0.4, 0.5) is 5.69 Å². The number of aryl methyl sites for hydroxylation is 1. The molecule has 132 valence electrons. The van der Waals surface area contributed by atoms with Crippen molar-refractivity contribution in [1.82, 2.24) is 5.32 Å². The third kappa shape index (κ3) is 3.45. The number of ether oxygens (including phenoxy) is 1. The molecule has 0 spiro atoms. The quantitative estimate of drug-likeness (QED) is 0.483. The highest BCUT2D eigenvalue weighted by Crippen LogP contribution is 2.32. The van der Waals surface area contributed by atoms with Crippen molar-refractivity contribution in [2.45, 2.75) is 6.92 Å². The molecule has 1 amide bonds. The average Bonchev–Trinajstić information content (AvgIpc) is 2.63. The molecule has 0 aromatic heterocycles. The Morgan fingerprint density at radius 1 is 1.08 bits per heavy atom. The molecule has 3 aromatic rings. The molecule has 0 aliphatic rings. The van der Waals surface area contributed by atoms with E-state index in [1.165, 1.54) is 7.11 Å². The summed E-state index contributed by atoms with van der Waals surface area (Å²) in [6.07, 6.45) is 0. The minimum absolute atomic E-state index is 0.0495. The summed E-state index contributed by atoms with van der Waals surface area (Å²) < 4.78 is 5.31. The Labute approximate surface area is 156 Å². The minimum atomic E-state index is -0.386. The highest BCUT2D eigenvalue weighted by Gasteiger charge is 2.16. The van der Waals surface area contributed by atoms with E-state index in [2.05, 4.69) is 10.6 Å². The van der Waals surface area contributed by atoms with E-state index in [1.54, 1.807) is 18.2 Å². The van der Waals surface area contributed by atoms with Crippen LogP contribution in [-0.4, -0.2) is 23.2 Å². The van der Waals surface area contributed by atoms with Crippen LogP contribution in [0.5, 0.6) is 11.5 Å². The van der Waals surface area contributed by atoms with Crippen LogP contribution in [0.25, 0.3) is 10.8 Å². The Balaban J connectivity index is 1.83. The monoisotopic (exact) mass is 366 g/mol. The molecule has 3 N–H and O–H groups in total. The number of methoxy groups -OCH3 is 1. The maximum atomic E-state index is 12.5. The van der Waals surface area contributed by atoms with Crippen LogP contribution in [0.2, 0.25) is 0 Å². The van der Waals surface area contributed by atoms with Gasteiger partial charge in [0.25, 0.3) is 5.91 Å². The molecule has 3 rings (SSSR count). The Bertz CT molecular complexity index is 1000. The Kier molecular flexibility index (Phi) is 5.04. The van der Waals surface area contributed by atoms with Gasteiger partial charge in [0.05, 0.1) is 18.4 Å². The Morgan fingerprint density at radius 3 is 2.62 bits per heavy atom. The van der Waals surface area contributed by atoms with Crippen LogP contribution in [0.15, 0.2) is 54.6 Å². The molecular weight excluding hydrogens is 348 g/mol. The van der Waals surface area contributed by atoms with Gasteiger partial charge in [-0.25, -0.2) is 0 Å². The van der Waals surface area contributed by atoms with E-state index in [9.17, 15) is 9.90 Å². The van der Waals surface area contributed by atoms with Gasteiger partial charge in [0, 0.05) is 5.39 Å². The van der Waals surface area contributed by atoms with Gasteiger partial charge < -0.3 is 15.2 Å². The lowest BCUT2D eigenvalue weighted by Crippen LogP contribution is -2.34. The van der Waals surface area contributed by atoms with Crippen LogP contribution in [0, 0.1) is 6.92 Å². The van der Waals surface area contributed by atoms with E-state index >= 15 is 0 Å². The third-order valence-corrected chi connectivity index (χ3v) is 4.24. The highest BCUT2D eigenvalue weighted by molar-refractivity contribution is 7.80. The van der Waals surface area contributed by atoms with Gasteiger partial charge in [0.1, 0.15) is 11.5 Å². The van der Waals surface area contributed by atoms with Crippen LogP contribution < -0.4 is 15.4 Å². The number of carbonyl (C=O) groups excluding carboxylic acids is 1. The van der Waals surface area contributed by atoms with E-state index in [-0.39, 0.29) is 16.8 Å². The number of hydrogen-bond donors (Lipinski definition) is 3. The number of carbonyl (C=O) groups is 1. The maximum absolute atomic E-state index is 12.5. The summed E-state index contributed by atoms with van der Waals surface area (Å²) in [4.78, 5) is 12.5. The molecule has 0 atom stereocenters. The third-order valence-electron chi connectivity index (χ3n) is 4.03. The van der Waals surface area contributed by atoms with Crippen molar-refractivity contribution in [1.29, 1.82) is 0 Å². The second-order valence-electron chi connectivity index (χ2n) is 5.74. The van der Waals surface area contributed by atoms with Gasteiger partial charge in [0.2, 0.25) is 0 Å². The summed E-state index contributed by atoms with van der Waals surface area (Å²) in [5.74, 6) is 0.164. The molecule has 26 heavy (non-hydrogen) atoms. The fourth-order valence-electron chi connectivity index (χ4n) is 2.81. The lowest BCUT2D eigenvalue weighted by Gasteiger charge is -2.15. The molecular formula is C20H18N2O3S. The molecule has 0 fully saturated rings. The number of fused-ring (bicyclic) bond motifs is 1. The van der Waals surface area contributed by atoms with Gasteiger partial charge in [-0.2, -0.15) is 0 Å². The summed E-state index contributed by atoms with van der Waals surface area (Å²) in [6.45, 7) is 1.86. The summed E-state index contributed by atoms with van der Waals surface area (Å²) in [6, 6.07) is 16.3. The largest absolute Gasteiger partial charge is 0.506 e. The van der Waals surface area contributed by atoms with E-state index in [1.807, 2.05) is 43.3 Å². The van der Waals surface area contributed by atoms with Crippen molar-refractivity contribution in [3.8, 4) is 11.5 Å². The predicted molar refractivity (Wildman–Crippen MR) is 107 cm³/mol.